The number of hydrogen-bond acceptors (Lipinski definition) is 6. The van der Waals surface area contributed by atoms with Crippen LogP contribution in [0.2, 0.25) is 0 Å². The molecule has 0 aliphatic heterocycles. The third-order valence-electron chi connectivity index (χ3n) is 4.03. The Morgan fingerprint density at radius 1 is 1.23 bits per heavy atom. The minimum Gasteiger partial charge on any atom is -0.406 e. The van der Waals surface area contributed by atoms with Crippen molar-refractivity contribution in [2.45, 2.75) is 26.3 Å². The fraction of sp³-hybridized carbons (Fsp3) is 0.389. The Morgan fingerprint density at radius 2 is 1.87 bits per heavy atom. The summed E-state index contributed by atoms with van der Waals surface area (Å²) in [5.74, 6) is -1.42. The number of nitrogen functional groups attached to an aromatic ring is 1. The third kappa shape index (κ3) is 5.41. The van der Waals surface area contributed by atoms with Crippen LogP contribution in [0, 0.1) is 0 Å². The Morgan fingerprint density at radius 3 is 2.40 bits per heavy atom. The molecule has 164 valence electrons. The number of H-pyrrole nitrogens is 1. The van der Waals surface area contributed by atoms with E-state index in [9.17, 15) is 27.6 Å². The third-order valence-corrected chi connectivity index (χ3v) is 4.03. The largest absolute Gasteiger partial charge is 0.573 e. The van der Waals surface area contributed by atoms with Gasteiger partial charge in [0.1, 0.15) is 11.6 Å². The van der Waals surface area contributed by atoms with Gasteiger partial charge in [0, 0.05) is 25.8 Å². The van der Waals surface area contributed by atoms with E-state index < -0.39 is 29.3 Å². The topological polar surface area (TPSA) is 120 Å². The maximum absolute atomic E-state index is 13.0. The second-order valence-electron chi connectivity index (χ2n) is 6.17. The van der Waals surface area contributed by atoms with Gasteiger partial charge in [-0.15, -0.1) is 13.2 Å². The van der Waals surface area contributed by atoms with Crippen LogP contribution < -0.4 is 26.6 Å². The molecule has 0 unspecified atom stereocenters. The maximum atomic E-state index is 13.0. The van der Waals surface area contributed by atoms with Crippen LogP contribution in [-0.2, 0) is 11.3 Å². The van der Waals surface area contributed by atoms with Crippen molar-refractivity contribution in [1.29, 1.82) is 0 Å². The lowest BCUT2D eigenvalue weighted by Crippen LogP contribution is -2.42. The highest BCUT2D eigenvalue weighted by atomic mass is 19.4. The van der Waals surface area contributed by atoms with E-state index in [1.165, 1.54) is 7.11 Å². The summed E-state index contributed by atoms with van der Waals surface area (Å²) >= 11 is 0. The molecular weight excluding hydrogens is 409 g/mol. The number of hydrogen-bond donors (Lipinski definition) is 2. The average molecular weight is 430 g/mol. The number of alkyl halides is 3. The summed E-state index contributed by atoms with van der Waals surface area (Å²) < 4.78 is 46.8. The van der Waals surface area contributed by atoms with Crippen LogP contribution in [0.1, 0.15) is 23.7 Å². The number of amides is 1. The number of anilines is 2. The molecule has 0 saturated heterocycles. The van der Waals surface area contributed by atoms with Gasteiger partial charge in [-0.05, 0) is 30.7 Å². The van der Waals surface area contributed by atoms with Gasteiger partial charge >= 0.3 is 12.1 Å². The van der Waals surface area contributed by atoms with Crippen LogP contribution in [0.3, 0.4) is 0 Å². The minimum atomic E-state index is -4.87. The molecule has 1 aromatic heterocycles. The summed E-state index contributed by atoms with van der Waals surface area (Å²) in [6.07, 6.45) is -4.33. The molecule has 0 atom stereocenters. The standard InChI is InChI=1S/C18H21F3N4O5/c1-3-8-25-14(22)13(15(26)23-17(25)28)24(9-10-29-2)16(27)11-4-6-12(7-5-11)30-18(19,20)21/h4-7H,3,8-10,22H2,1-2H3,(H,23,26,28). The highest BCUT2D eigenvalue weighted by molar-refractivity contribution is 6.07. The molecule has 0 aliphatic rings. The smallest absolute Gasteiger partial charge is 0.406 e. The van der Waals surface area contributed by atoms with Gasteiger partial charge in [0.25, 0.3) is 11.5 Å². The van der Waals surface area contributed by atoms with Crippen LogP contribution >= 0.6 is 0 Å². The van der Waals surface area contributed by atoms with Crippen molar-refractivity contribution in [3.63, 3.8) is 0 Å². The van der Waals surface area contributed by atoms with Crippen molar-refractivity contribution in [3.05, 3.63) is 50.7 Å². The Labute approximate surface area is 168 Å². The molecule has 0 aliphatic carbocycles. The fourth-order valence-electron chi connectivity index (χ4n) is 2.74. The molecule has 12 heteroatoms. The van der Waals surface area contributed by atoms with E-state index in [-0.39, 0.29) is 36.8 Å². The van der Waals surface area contributed by atoms with Crippen molar-refractivity contribution < 1.29 is 27.4 Å². The highest BCUT2D eigenvalue weighted by Gasteiger charge is 2.31. The van der Waals surface area contributed by atoms with E-state index in [1.54, 1.807) is 6.92 Å². The lowest BCUT2D eigenvalue weighted by Gasteiger charge is -2.24. The van der Waals surface area contributed by atoms with Crippen molar-refractivity contribution in [2.75, 3.05) is 30.9 Å². The predicted octanol–water partition coefficient (Wildman–Crippen LogP) is 1.72. The number of halogens is 3. The van der Waals surface area contributed by atoms with Gasteiger partial charge in [0.05, 0.1) is 6.61 Å². The Bertz CT molecular complexity index is 999. The molecule has 0 saturated carbocycles. The molecule has 2 rings (SSSR count). The minimum absolute atomic E-state index is 0.0207. The molecule has 0 spiro atoms. The summed E-state index contributed by atoms with van der Waals surface area (Å²) in [7, 11) is 1.39. The number of methoxy groups -OCH3 is 1. The van der Waals surface area contributed by atoms with Crippen LogP contribution in [-0.4, -0.2) is 42.1 Å². The number of nitrogens with one attached hydrogen (secondary N) is 1. The van der Waals surface area contributed by atoms with Gasteiger partial charge in [-0.3, -0.25) is 24.0 Å². The van der Waals surface area contributed by atoms with E-state index in [0.29, 0.717) is 6.42 Å². The van der Waals surface area contributed by atoms with Gasteiger partial charge in [0.2, 0.25) is 0 Å². The molecule has 0 bridgehead atoms. The van der Waals surface area contributed by atoms with E-state index >= 15 is 0 Å². The fourth-order valence-corrected chi connectivity index (χ4v) is 2.74. The van der Waals surface area contributed by atoms with Crippen LogP contribution in [0.4, 0.5) is 24.7 Å². The van der Waals surface area contributed by atoms with Gasteiger partial charge in [-0.2, -0.15) is 0 Å². The number of aromatic amines is 1. The predicted molar refractivity (Wildman–Crippen MR) is 103 cm³/mol. The first-order chi connectivity index (χ1) is 14.1. The zero-order chi connectivity index (χ0) is 22.5. The zero-order valence-electron chi connectivity index (χ0n) is 16.3. The van der Waals surface area contributed by atoms with E-state index in [2.05, 4.69) is 9.72 Å². The summed E-state index contributed by atoms with van der Waals surface area (Å²) in [5, 5.41) is 0. The Hall–Kier alpha value is -3.28. The molecule has 3 N–H and O–H groups in total. The number of nitrogens with zero attached hydrogens (tertiary/aromatic N) is 2. The first kappa shape index (κ1) is 23.0. The number of benzene rings is 1. The van der Waals surface area contributed by atoms with Gasteiger partial charge < -0.3 is 15.2 Å². The Kier molecular flexibility index (Phi) is 7.27. The van der Waals surface area contributed by atoms with E-state index in [0.717, 1.165) is 33.7 Å². The number of carbonyl (C=O) groups excluding carboxylic acids is 1. The first-order valence-corrected chi connectivity index (χ1v) is 8.88. The molecule has 1 amide bonds. The molecule has 1 aromatic carbocycles. The average Bonchev–Trinajstić information content (AvgIpc) is 2.66. The van der Waals surface area contributed by atoms with Crippen LogP contribution in [0.25, 0.3) is 0 Å². The van der Waals surface area contributed by atoms with Crippen molar-refractivity contribution in [3.8, 4) is 5.75 Å². The first-order valence-electron chi connectivity index (χ1n) is 8.88. The summed E-state index contributed by atoms with van der Waals surface area (Å²) in [5.41, 5.74) is 4.17. The summed E-state index contributed by atoms with van der Waals surface area (Å²) in [4.78, 5) is 40.6. The molecule has 9 nitrogen and oxygen atoms in total. The second-order valence-corrected chi connectivity index (χ2v) is 6.17. The number of rotatable bonds is 8. The monoisotopic (exact) mass is 430 g/mol. The van der Waals surface area contributed by atoms with Crippen LogP contribution in [0.5, 0.6) is 5.75 Å². The molecule has 0 fully saturated rings. The van der Waals surface area contributed by atoms with E-state index in [4.69, 9.17) is 10.5 Å². The molecule has 30 heavy (non-hydrogen) atoms. The van der Waals surface area contributed by atoms with Crippen LogP contribution in [0.15, 0.2) is 33.9 Å². The normalized spacial score (nSPS) is 11.4. The van der Waals surface area contributed by atoms with Crippen molar-refractivity contribution in [2.24, 2.45) is 0 Å². The van der Waals surface area contributed by atoms with Crippen molar-refractivity contribution in [1.82, 2.24) is 9.55 Å². The molecule has 1 heterocycles. The highest BCUT2D eigenvalue weighted by Crippen LogP contribution is 2.24. The zero-order valence-corrected chi connectivity index (χ0v) is 16.3. The van der Waals surface area contributed by atoms with Gasteiger partial charge in [-0.1, -0.05) is 6.92 Å². The lowest BCUT2D eigenvalue weighted by molar-refractivity contribution is -0.274. The number of aromatic nitrogens is 2. The summed E-state index contributed by atoms with van der Waals surface area (Å²) in [6.45, 7) is 1.96. The number of ether oxygens (including phenoxy) is 2. The number of nitrogens with two attached hydrogens (primary N) is 1. The lowest BCUT2D eigenvalue weighted by atomic mass is 10.1. The molecule has 2 aromatic rings. The molecule has 0 radical (unpaired) electrons. The van der Waals surface area contributed by atoms with Gasteiger partial charge in [-0.25, -0.2) is 4.79 Å². The quantitative estimate of drug-likeness (QED) is 0.658. The SMILES string of the molecule is CCCn1c(N)c(N(CCOC)C(=O)c2ccc(OC(F)(F)F)cc2)c(=O)[nH]c1=O. The molecular formula is C18H21F3N4O5. The second kappa shape index (κ2) is 9.48. The van der Waals surface area contributed by atoms with Crippen molar-refractivity contribution >= 4 is 17.4 Å². The number of carbonyl (C=O) groups is 1. The van der Waals surface area contributed by atoms with E-state index in [1.807, 2.05) is 0 Å². The van der Waals surface area contributed by atoms with Gasteiger partial charge in [0.15, 0.2) is 5.69 Å². The summed E-state index contributed by atoms with van der Waals surface area (Å²) in [6, 6.07) is 4.19. The maximum Gasteiger partial charge on any atom is 0.573 e. The Balaban J connectivity index is 2.48.